The standard InChI is InChI=1S/C10H14N4O4/c1-3-17-9(15)13-7-5-6-11-8(12-7)14-10(16)18-4-2/h5-6H,3-4H2,1-2H3,(H2,11,12,13,14,15,16). The lowest BCUT2D eigenvalue weighted by Gasteiger charge is -2.06. The molecule has 98 valence electrons. The van der Waals surface area contributed by atoms with E-state index in [9.17, 15) is 9.59 Å². The molecule has 8 heteroatoms. The molecule has 1 aromatic rings. The van der Waals surface area contributed by atoms with Crippen LogP contribution in [-0.4, -0.2) is 35.4 Å². The number of anilines is 2. The van der Waals surface area contributed by atoms with Gasteiger partial charge < -0.3 is 9.47 Å². The monoisotopic (exact) mass is 254 g/mol. The molecule has 18 heavy (non-hydrogen) atoms. The molecule has 8 nitrogen and oxygen atoms in total. The Morgan fingerprint density at radius 1 is 1.17 bits per heavy atom. The summed E-state index contributed by atoms with van der Waals surface area (Å²) in [6.07, 6.45) is 0.0971. The average Bonchev–Trinajstić information content (AvgIpc) is 2.29. The van der Waals surface area contributed by atoms with Crippen LogP contribution in [0.1, 0.15) is 13.8 Å². The third-order valence-corrected chi connectivity index (χ3v) is 1.65. The lowest BCUT2D eigenvalue weighted by molar-refractivity contribution is 0.167. The van der Waals surface area contributed by atoms with Crippen LogP contribution >= 0.6 is 0 Å². The van der Waals surface area contributed by atoms with Crippen molar-refractivity contribution >= 4 is 24.0 Å². The summed E-state index contributed by atoms with van der Waals surface area (Å²) in [5.41, 5.74) is 0. The number of amides is 2. The van der Waals surface area contributed by atoms with Gasteiger partial charge in [-0.1, -0.05) is 0 Å². The topological polar surface area (TPSA) is 102 Å². The average molecular weight is 254 g/mol. The fourth-order valence-electron chi connectivity index (χ4n) is 1.02. The van der Waals surface area contributed by atoms with Crippen LogP contribution in [-0.2, 0) is 9.47 Å². The van der Waals surface area contributed by atoms with Crippen LogP contribution in [0.5, 0.6) is 0 Å². The summed E-state index contributed by atoms with van der Waals surface area (Å²) in [6.45, 7) is 3.86. The van der Waals surface area contributed by atoms with Gasteiger partial charge in [0.1, 0.15) is 5.82 Å². The Kier molecular flexibility index (Phi) is 5.36. The van der Waals surface area contributed by atoms with E-state index in [0.29, 0.717) is 0 Å². The Morgan fingerprint density at radius 3 is 2.39 bits per heavy atom. The van der Waals surface area contributed by atoms with Crippen LogP contribution in [0, 0.1) is 0 Å². The molecule has 0 saturated carbocycles. The van der Waals surface area contributed by atoms with Gasteiger partial charge in [-0.2, -0.15) is 4.98 Å². The van der Waals surface area contributed by atoms with Gasteiger partial charge >= 0.3 is 12.2 Å². The van der Waals surface area contributed by atoms with E-state index in [0.717, 1.165) is 0 Å². The second kappa shape index (κ2) is 7.05. The van der Waals surface area contributed by atoms with Gasteiger partial charge in [0.15, 0.2) is 0 Å². The first-order chi connectivity index (χ1) is 8.65. The molecule has 0 aliphatic carbocycles. The van der Waals surface area contributed by atoms with Crippen molar-refractivity contribution in [3.8, 4) is 0 Å². The molecule has 0 bridgehead atoms. The molecule has 0 aliphatic rings. The van der Waals surface area contributed by atoms with Crippen molar-refractivity contribution in [2.75, 3.05) is 23.8 Å². The molecule has 0 spiro atoms. The van der Waals surface area contributed by atoms with Gasteiger partial charge in [-0.25, -0.2) is 14.6 Å². The molecule has 2 N–H and O–H groups in total. The number of ether oxygens (including phenoxy) is 2. The SMILES string of the molecule is CCOC(=O)Nc1ccnc(NC(=O)OCC)n1. The van der Waals surface area contributed by atoms with Gasteiger partial charge in [0, 0.05) is 6.20 Å². The zero-order valence-corrected chi connectivity index (χ0v) is 10.1. The summed E-state index contributed by atoms with van der Waals surface area (Å²) in [5, 5.41) is 4.70. The molecule has 0 aliphatic heterocycles. The van der Waals surface area contributed by atoms with Crippen LogP contribution < -0.4 is 10.6 Å². The molecule has 0 unspecified atom stereocenters. The highest BCUT2D eigenvalue weighted by molar-refractivity contribution is 5.85. The van der Waals surface area contributed by atoms with E-state index in [-0.39, 0.29) is 25.0 Å². The number of carbonyl (C=O) groups is 2. The summed E-state index contributed by atoms with van der Waals surface area (Å²) < 4.78 is 9.35. The minimum atomic E-state index is -0.661. The third kappa shape index (κ3) is 4.64. The number of nitrogens with one attached hydrogen (secondary N) is 2. The van der Waals surface area contributed by atoms with Crippen LogP contribution in [0.15, 0.2) is 12.3 Å². The zero-order chi connectivity index (χ0) is 13.4. The maximum atomic E-state index is 11.1. The minimum absolute atomic E-state index is 0.0303. The van der Waals surface area contributed by atoms with Gasteiger partial charge in [-0.15, -0.1) is 0 Å². The van der Waals surface area contributed by atoms with Crippen molar-refractivity contribution in [2.45, 2.75) is 13.8 Å². The second-order valence-electron chi connectivity index (χ2n) is 2.96. The van der Waals surface area contributed by atoms with E-state index < -0.39 is 12.2 Å². The van der Waals surface area contributed by atoms with Gasteiger partial charge in [0.25, 0.3) is 0 Å². The maximum Gasteiger partial charge on any atom is 0.414 e. The van der Waals surface area contributed by atoms with Crippen molar-refractivity contribution in [3.05, 3.63) is 12.3 Å². The fraction of sp³-hybridized carbons (Fsp3) is 0.400. The van der Waals surface area contributed by atoms with Crippen molar-refractivity contribution in [3.63, 3.8) is 0 Å². The Labute approximate surface area is 104 Å². The highest BCUT2D eigenvalue weighted by Crippen LogP contribution is 2.06. The van der Waals surface area contributed by atoms with Crippen molar-refractivity contribution in [2.24, 2.45) is 0 Å². The minimum Gasteiger partial charge on any atom is -0.450 e. The van der Waals surface area contributed by atoms with Crippen LogP contribution in [0.2, 0.25) is 0 Å². The molecule has 1 aromatic heterocycles. The Hall–Kier alpha value is -2.38. The normalized spacial score (nSPS) is 9.44. The summed E-state index contributed by atoms with van der Waals surface area (Å²) in [4.78, 5) is 29.9. The molecular weight excluding hydrogens is 240 g/mol. The predicted molar refractivity (Wildman–Crippen MR) is 63.3 cm³/mol. The van der Waals surface area contributed by atoms with Gasteiger partial charge in [0.2, 0.25) is 5.95 Å². The summed E-state index contributed by atoms with van der Waals surface area (Å²) >= 11 is 0. The molecule has 2 amide bonds. The van der Waals surface area contributed by atoms with E-state index in [1.807, 2.05) is 0 Å². The molecule has 1 rings (SSSR count). The summed E-state index contributed by atoms with van der Waals surface area (Å²) in [5.74, 6) is 0.248. The van der Waals surface area contributed by atoms with E-state index >= 15 is 0 Å². The molecule has 0 aromatic carbocycles. The Balaban J connectivity index is 2.61. The quantitative estimate of drug-likeness (QED) is 0.846. The first kappa shape index (κ1) is 13.7. The first-order valence-electron chi connectivity index (χ1n) is 5.36. The molecule has 0 fully saturated rings. The number of rotatable bonds is 4. The number of carbonyl (C=O) groups excluding carboxylic acids is 2. The lowest BCUT2D eigenvalue weighted by atomic mass is 10.6. The summed E-state index contributed by atoms with van der Waals surface area (Å²) in [7, 11) is 0. The maximum absolute atomic E-state index is 11.1. The smallest absolute Gasteiger partial charge is 0.414 e. The van der Waals surface area contributed by atoms with E-state index in [1.54, 1.807) is 13.8 Å². The third-order valence-electron chi connectivity index (χ3n) is 1.65. The number of hydrogen-bond donors (Lipinski definition) is 2. The molecule has 0 radical (unpaired) electrons. The van der Waals surface area contributed by atoms with Crippen LogP contribution in [0.25, 0.3) is 0 Å². The second-order valence-corrected chi connectivity index (χ2v) is 2.96. The fourth-order valence-corrected chi connectivity index (χ4v) is 1.02. The highest BCUT2D eigenvalue weighted by atomic mass is 16.6. The largest absolute Gasteiger partial charge is 0.450 e. The van der Waals surface area contributed by atoms with Crippen molar-refractivity contribution in [1.82, 2.24) is 9.97 Å². The molecule has 1 heterocycles. The Morgan fingerprint density at radius 2 is 1.78 bits per heavy atom. The predicted octanol–water partition coefficient (Wildman–Crippen LogP) is 1.61. The number of aromatic nitrogens is 2. The zero-order valence-electron chi connectivity index (χ0n) is 10.1. The van der Waals surface area contributed by atoms with E-state index in [1.165, 1.54) is 12.3 Å². The molecular formula is C10H14N4O4. The molecule has 0 atom stereocenters. The van der Waals surface area contributed by atoms with Crippen molar-refractivity contribution in [1.29, 1.82) is 0 Å². The van der Waals surface area contributed by atoms with Crippen molar-refractivity contribution < 1.29 is 19.1 Å². The molecule has 0 saturated heterocycles. The lowest BCUT2D eigenvalue weighted by Crippen LogP contribution is -2.17. The van der Waals surface area contributed by atoms with Crippen LogP contribution in [0.3, 0.4) is 0 Å². The number of hydrogen-bond acceptors (Lipinski definition) is 6. The van der Waals surface area contributed by atoms with E-state index in [4.69, 9.17) is 0 Å². The van der Waals surface area contributed by atoms with Gasteiger partial charge in [-0.05, 0) is 19.9 Å². The number of nitrogens with zero attached hydrogens (tertiary/aromatic N) is 2. The van der Waals surface area contributed by atoms with E-state index in [2.05, 4.69) is 30.1 Å². The highest BCUT2D eigenvalue weighted by Gasteiger charge is 2.07. The van der Waals surface area contributed by atoms with Gasteiger partial charge in [-0.3, -0.25) is 10.6 Å². The first-order valence-corrected chi connectivity index (χ1v) is 5.36. The summed E-state index contributed by atoms with van der Waals surface area (Å²) in [6, 6.07) is 1.47. The Bertz CT molecular complexity index is 389. The van der Waals surface area contributed by atoms with Crippen LogP contribution in [0.4, 0.5) is 21.4 Å². The van der Waals surface area contributed by atoms with Gasteiger partial charge in [0.05, 0.1) is 13.2 Å².